The lowest BCUT2D eigenvalue weighted by Gasteiger charge is -1.97. The van der Waals surface area contributed by atoms with E-state index in [2.05, 4.69) is 13.2 Å². The molecule has 2 N–H and O–H groups in total. The third kappa shape index (κ3) is 2.09. The van der Waals surface area contributed by atoms with E-state index in [4.69, 9.17) is 10.2 Å². The molecule has 0 aliphatic heterocycles. The summed E-state index contributed by atoms with van der Waals surface area (Å²) >= 11 is 0. The molecule has 0 rings (SSSR count). The topological polar surface area (TPSA) is 74.6 Å². The average molecular weight is 168 g/mol. The lowest BCUT2D eigenvalue weighted by atomic mass is 10.1. The fourth-order valence-corrected chi connectivity index (χ4v) is 0.625. The van der Waals surface area contributed by atoms with Crippen molar-refractivity contribution >= 4 is 11.9 Å². The summed E-state index contributed by atoms with van der Waals surface area (Å²) in [5, 5.41) is 17.0. The Labute approximate surface area is 69.1 Å². The van der Waals surface area contributed by atoms with Crippen LogP contribution < -0.4 is 0 Å². The van der Waals surface area contributed by atoms with E-state index in [1.807, 2.05) is 0 Å². The van der Waals surface area contributed by atoms with E-state index in [1.54, 1.807) is 0 Å². The predicted octanol–water partition coefficient (Wildman–Crippen LogP) is 0.824. The molecule has 0 saturated heterocycles. The van der Waals surface area contributed by atoms with Crippen molar-refractivity contribution in [3.05, 3.63) is 36.5 Å². The molecule has 0 saturated carbocycles. The third-order valence-corrected chi connectivity index (χ3v) is 1.16. The molecule has 0 fully saturated rings. The van der Waals surface area contributed by atoms with Gasteiger partial charge in [-0.25, -0.2) is 9.59 Å². The second-order valence-corrected chi connectivity index (χ2v) is 1.85. The molecule has 0 amide bonds. The van der Waals surface area contributed by atoms with Gasteiger partial charge in [0.25, 0.3) is 0 Å². The maximum absolute atomic E-state index is 10.4. The molecule has 0 aliphatic rings. The molecular weight excluding hydrogens is 160 g/mol. The fourth-order valence-electron chi connectivity index (χ4n) is 0.625. The quantitative estimate of drug-likeness (QED) is 0.481. The van der Waals surface area contributed by atoms with Gasteiger partial charge < -0.3 is 10.2 Å². The lowest BCUT2D eigenvalue weighted by molar-refractivity contribution is -0.135. The smallest absolute Gasteiger partial charge is 0.336 e. The maximum Gasteiger partial charge on any atom is 0.336 e. The van der Waals surface area contributed by atoms with Crippen molar-refractivity contribution in [1.29, 1.82) is 0 Å². The third-order valence-electron chi connectivity index (χ3n) is 1.16. The van der Waals surface area contributed by atoms with E-state index in [9.17, 15) is 9.59 Å². The fraction of sp³-hybridized carbons (Fsp3) is 0. The van der Waals surface area contributed by atoms with Crippen LogP contribution in [0.4, 0.5) is 0 Å². The normalized spacial score (nSPS) is 11.3. The van der Waals surface area contributed by atoms with Crippen molar-refractivity contribution in [2.24, 2.45) is 0 Å². The number of hydrogen-bond acceptors (Lipinski definition) is 2. The molecule has 64 valence electrons. The molecule has 0 heterocycles. The lowest BCUT2D eigenvalue weighted by Crippen LogP contribution is -2.07. The minimum Gasteiger partial charge on any atom is -0.478 e. The van der Waals surface area contributed by atoms with Gasteiger partial charge in [0.2, 0.25) is 0 Å². The summed E-state index contributed by atoms with van der Waals surface area (Å²) in [5.74, 6) is -2.66. The first-order valence-electron chi connectivity index (χ1n) is 3.00. The number of aliphatic carboxylic acids is 2. The van der Waals surface area contributed by atoms with Gasteiger partial charge in [-0.1, -0.05) is 25.3 Å². The molecule has 0 spiro atoms. The Bertz CT molecular complexity index is 245. The van der Waals surface area contributed by atoms with Gasteiger partial charge in [0, 0.05) is 0 Å². The zero-order chi connectivity index (χ0) is 9.72. The molecule has 4 heteroatoms. The van der Waals surface area contributed by atoms with Crippen LogP contribution in [0.2, 0.25) is 0 Å². The van der Waals surface area contributed by atoms with Crippen molar-refractivity contribution in [3.63, 3.8) is 0 Å². The molecule has 0 unspecified atom stereocenters. The van der Waals surface area contributed by atoms with Gasteiger partial charge in [-0.3, -0.25) is 0 Å². The Morgan fingerprint density at radius 3 is 1.25 bits per heavy atom. The van der Waals surface area contributed by atoms with Crippen LogP contribution in [0.3, 0.4) is 0 Å². The summed E-state index contributed by atoms with van der Waals surface area (Å²) in [6.45, 7) is 6.37. The van der Waals surface area contributed by atoms with Crippen LogP contribution in [0.1, 0.15) is 0 Å². The number of carbonyl (C=O) groups is 2. The van der Waals surface area contributed by atoms with Crippen molar-refractivity contribution in [2.75, 3.05) is 0 Å². The highest BCUT2D eigenvalue weighted by Crippen LogP contribution is 2.07. The van der Waals surface area contributed by atoms with E-state index < -0.39 is 11.9 Å². The first-order valence-corrected chi connectivity index (χ1v) is 3.00. The van der Waals surface area contributed by atoms with E-state index in [-0.39, 0.29) is 11.1 Å². The first-order chi connectivity index (χ1) is 5.54. The van der Waals surface area contributed by atoms with E-state index in [0.717, 1.165) is 12.2 Å². The summed E-state index contributed by atoms with van der Waals surface area (Å²) in [6, 6.07) is 0. The van der Waals surface area contributed by atoms with Crippen LogP contribution in [0.5, 0.6) is 0 Å². The Hall–Kier alpha value is -1.84. The standard InChI is InChI=1S/C8H8O4/c1-3-5(7(9)10)6(4-2)8(11)12/h3-4H,1-2H2,(H,9,10)(H,11,12)/b6-5-. The SMILES string of the molecule is C=C/C(C(=O)O)=C(\C=C)C(=O)O. The van der Waals surface area contributed by atoms with Gasteiger partial charge in [-0.2, -0.15) is 0 Å². The zero-order valence-corrected chi connectivity index (χ0v) is 6.28. The van der Waals surface area contributed by atoms with Gasteiger partial charge in [0.15, 0.2) is 0 Å². The summed E-state index contributed by atoms with van der Waals surface area (Å²) in [6.07, 6.45) is 1.93. The monoisotopic (exact) mass is 168 g/mol. The molecule has 0 aliphatic carbocycles. The summed E-state index contributed by atoms with van der Waals surface area (Å²) in [5.41, 5.74) is -0.727. The number of carboxylic acids is 2. The Morgan fingerprint density at radius 2 is 1.17 bits per heavy atom. The van der Waals surface area contributed by atoms with Crippen LogP contribution in [0, 0.1) is 0 Å². The molecule has 0 aromatic heterocycles. The summed E-state index contributed by atoms with van der Waals surface area (Å²) in [4.78, 5) is 20.8. The molecule has 0 aromatic rings. The highest BCUT2D eigenvalue weighted by atomic mass is 16.4. The number of hydrogen-bond donors (Lipinski definition) is 2. The first kappa shape index (κ1) is 10.2. The molecule has 0 radical (unpaired) electrons. The van der Waals surface area contributed by atoms with Crippen LogP contribution in [-0.4, -0.2) is 22.2 Å². The minimum absolute atomic E-state index is 0.363. The Balaban J connectivity index is 5.30. The summed E-state index contributed by atoms with van der Waals surface area (Å²) < 4.78 is 0. The van der Waals surface area contributed by atoms with Crippen LogP contribution >= 0.6 is 0 Å². The molecule has 0 aromatic carbocycles. The van der Waals surface area contributed by atoms with E-state index >= 15 is 0 Å². The van der Waals surface area contributed by atoms with Gasteiger partial charge >= 0.3 is 11.9 Å². The highest BCUT2D eigenvalue weighted by Gasteiger charge is 2.13. The van der Waals surface area contributed by atoms with Crippen LogP contribution in [0.15, 0.2) is 36.5 Å². The van der Waals surface area contributed by atoms with Crippen LogP contribution in [0.25, 0.3) is 0 Å². The highest BCUT2D eigenvalue weighted by molar-refractivity contribution is 6.02. The molecule has 0 bridgehead atoms. The van der Waals surface area contributed by atoms with Crippen LogP contribution in [-0.2, 0) is 9.59 Å². The molecular formula is C8H8O4. The molecule has 4 nitrogen and oxygen atoms in total. The van der Waals surface area contributed by atoms with Gasteiger partial charge in [-0.05, 0) is 0 Å². The Morgan fingerprint density at radius 1 is 0.917 bits per heavy atom. The van der Waals surface area contributed by atoms with Crippen molar-refractivity contribution < 1.29 is 19.8 Å². The second kappa shape index (κ2) is 4.12. The largest absolute Gasteiger partial charge is 0.478 e. The molecule has 0 atom stereocenters. The summed E-state index contributed by atoms with van der Waals surface area (Å²) in [7, 11) is 0. The maximum atomic E-state index is 10.4. The van der Waals surface area contributed by atoms with E-state index in [0.29, 0.717) is 0 Å². The molecule has 12 heavy (non-hydrogen) atoms. The predicted molar refractivity (Wildman–Crippen MR) is 42.7 cm³/mol. The minimum atomic E-state index is -1.33. The van der Waals surface area contributed by atoms with E-state index in [1.165, 1.54) is 0 Å². The van der Waals surface area contributed by atoms with Crippen molar-refractivity contribution in [3.8, 4) is 0 Å². The number of carboxylic acid groups (broad SMARTS) is 2. The van der Waals surface area contributed by atoms with Gasteiger partial charge in [0.1, 0.15) is 0 Å². The number of rotatable bonds is 4. The van der Waals surface area contributed by atoms with Gasteiger partial charge in [-0.15, -0.1) is 0 Å². The second-order valence-electron chi connectivity index (χ2n) is 1.85. The van der Waals surface area contributed by atoms with Crippen molar-refractivity contribution in [2.45, 2.75) is 0 Å². The zero-order valence-electron chi connectivity index (χ0n) is 6.28. The van der Waals surface area contributed by atoms with Crippen molar-refractivity contribution in [1.82, 2.24) is 0 Å². The Kier molecular flexibility index (Phi) is 3.49. The average Bonchev–Trinajstić information content (AvgIpc) is 1.98. The van der Waals surface area contributed by atoms with Gasteiger partial charge in [0.05, 0.1) is 11.1 Å².